The molecular formula is C23H23F3. The molecule has 0 bridgehead atoms. The van der Waals surface area contributed by atoms with E-state index in [1.54, 1.807) is 0 Å². The van der Waals surface area contributed by atoms with Gasteiger partial charge in [0.1, 0.15) is 0 Å². The van der Waals surface area contributed by atoms with E-state index in [0.717, 1.165) is 44.2 Å². The van der Waals surface area contributed by atoms with Crippen LogP contribution in [0, 0.1) is 17.8 Å². The van der Waals surface area contributed by atoms with Crippen LogP contribution in [-0.4, -0.2) is 0 Å². The van der Waals surface area contributed by atoms with Crippen molar-refractivity contribution in [3.05, 3.63) is 70.8 Å². The third kappa shape index (κ3) is 4.69. The number of alkyl halides is 3. The Labute approximate surface area is 153 Å². The van der Waals surface area contributed by atoms with Crippen molar-refractivity contribution in [2.45, 2.75) is 51.1 Å². The predicted molar refractivity (Wildman–Crippen MR) is 98.8 cm³/mol. The van der Waals surface area contributed by atoms with Gasteiger partial charge in [-0.3, -0.25) is 0 Å². The summed E-state index contributed by atoms with van der Waals surface area (Å²) in [6.45, 7) is 2.16. The lowest BCUT2D eigenvalue weighted by atomic mass is 9.79. The number of hydrogen-bond acceptors (Lipinski definition) is 0. The lowest BCUT2D eigenvalue weighted by Gasteiger charge is -2.26. The standard InChI is InChI=1S/C23H23F3/c1-2-17-5-11-20(12-6-17)21-13-7-18(8-14-21)3-4-19-9-15-22(16-10-19)23(24,25)26/h5-6,9-12,15-16,18,21H,2,7-8,13-14H2,1H3. The molecule has 0 unspecified atom stereocenters. The topological polar surface area (TPSA) is 0 Å². The second kappa shape index (κ2) is 7.99. The first-order chi connectivity index (χ1) is 12.5. The van der Waals surface area contributed by atoms with Gasteiger partial charge in [-0.25, -0.2) is 0 Å². The van der Waals surface area contributed by atoms with Crippen molar-refractivity contribution < 1.29 is 13.2 Å². The summed E-state index contributed by atoms with van der Waals surface area (Å²) in [5.74, 6) is 7.24. The summed E-state index contributed by atoms with van der Waals surface area (Å²) in [4.78, 5) is 0. The molecule has 0 aliphatic heterocycles. The summed E-state index contributed by atoms with van der Waals surface area (Å²) in [6.07, 6.45) is 1.11. The van der Waals surface area contributed by atoms with Gasteiger partial charge in [0.2, 0.25) is 0 Å². The van der Waals surface area contributed by atoms with Gasteiger partial charge in [-0.1, -0.05) is 43.0 Å². The van der Waals surface area contributed by atoms with Gasteiger partial charge in [0, 0.05) is 11.5 Å². The van der Waals surface area contributed by atoms with Gasteiger partial charge in [-0.15, -0.1) is 0 Å². The number of halogens is 3. The van der Waals surface area contributed by atoms with Crippen molar-refractivity contribution in [3.63, 3.8) is 0 Å². The summed E-state index contributed by atoms with van der Waals surface area (Å²) in [7, 11) is 0. The molecule has 0 nitrogen and oxygen atoms in total. The van der Waals surface area contributed by atoms with E-state index in [9.17, 15) is 13.2 Å². The number of benzene rings is 2. The van der Waals surface area contributed by atoms with E-state index in [0.29, 0.717) is 17.4 Å². The molecule has 0 saturated heterocycles. The minimum absolute atomic E-state index is 0.337. The van der Waals surface area contributed by atoms with Crippen LogP contribution in [0.5, 0.6) is 0 Å². The zero-order valence-electron chi connectivity index (χ0n) is 14.9. The van der Waals surface area contributed by atoms with Crippen LogP contribution in [0.3, 0.4) is 0 Å². The van der Waals surface area contributed by atoms with Gasteiger partial charge in [0.25, 0.3) is 0 Å². The first-order valence-electron chi connectivity index (χ1n) is 9.23. The summed E-state index contributed by atoms with van der Waals surface area (Å²) >= 11 is 0. The number of aryl methyl sites for hydroxylation is 1. The smallest absolute Gasteiger partial charge is 0.166 e. The van der Waals surface area contributed by atoms with Crippen molar-refractivity contribution >= 4 is 0 Å². The molecule has 1 aliphatic carbocycles. The van der Waals surface area contributed by atoms with Crippen LogP contribution in [0.2, 0.25) is 0 Å². The maximum atomic E-state index is 12.6. The average molecular weight is 356 g/mol. The lowest BCUT2D eigenvalue weighted by Crippen LogP contribution is -2.12. The molecule has 1 saturated carbocycles. The number of hydrogen-bond donors (Lipinski definition) is 0. The molecule has 0 atom stereocenters. The summed E-state index contributed by atoms with van der Waals surface area (Å²) in [6, 6.07) is 14.0. The van der Waals surface area contributed by atoms with Crippen molar-refractivity contribution in [2.24, 2.45) is 5.92 Å². The van der Waals surface area contributed by atoms with Gasteiger partial charge in [-0.2, -0.15) is 13.2 Å². The van der Waals surface area contributed by atoms with Crippen molar-refractivity contribution in [2.75, 3.05) is 0 Å². The third-order valence-corrected chi connectivity index (χ3v) is 5.22. The molecule has 0 heterocycles. The summed E-state index contributed by atoms with van der Waals surface area (Å²) in [5, 5.41) is 0. The van der Waals surface area contributed by atoms with Crippen LogP contribution >= 0.6 is 0 Å². The molecular weight excluding hydrogens is 333 g/mol. The molecule has 0 spiro atoms. The predicted octanol–water partition coefficient (Wildman–Crippen LogP) is 6.59. The number of rotatable bonds is 2. The van der Waals surface area contributed by atoms with Gasteiger partial charge in [-0.05, 0) is 73.4 Å². The summed E-state index contributed by atoms with van der Waals surface area (Å²) in [5.41, 5.74) is 2.80. The van der Waals surface area contributed by atoms with E-state index in [-0.39, 0.29) is 0 Å². The maximum Gasteiger partial charge on any atom is 0.416 e. The summed E-state index contributed by atoms with van der Waals surface area (Å²) < 4.78 is 37.7. The van der Waals surface area contributed by atoms with Crippen LogP contribution in [-0.2, 0) is 12.6 Å². The Balaban J connectivity index is 1.56. The fraction of sp³-hybridized carbons (Fsp3) is 0.391. The maximum absolute atomic E-state index is 12.6. The van der Waals surface area contributed by atoms with Gasteiger partial charge in [0.15, 0.2) is 0 Å². The van der Waals surface area contributed by atoms with Crippen molar-refractivity contribution in [3.8, 4) is 11.8 Å². The fourth-order valence-corrected chi connectivity index (χ4v) is 3.52. The largest absolute Gasteiger partial charge is 0.416 e. The minimum atomic E-state index is -4.29. The van der Waals surface area contributed by atoms with Crippen LogP contribution in [0.15, 0.2) is 48.5 Å². The van der Waals surface area contributed by atoms with Crippen molar-refractivity contribution in [1.29, 1.82) is 0 Å². The first-order valence-corrected chi connectivity index (χ1v) is 9.23. The van der Waals surface area contributed by atoms with E-state index in [2.05, 4.69) is 43.0 Å². The minimum Gasteiger partial charge on any atom is -0.166 e. The first kappa shape index (κ1) is 18.6. The van der Waals surface area contributed by atoms with E-state index in [1.165, 1.54) is 23.3 Å². The zero-order chi connectivity index (χ0) is 18.6. The molecule has 3 rings (SSSR count). The van der Waals surface area contributed by atoms with Crippen LogP contribution < -0.4 is 0 Å². The van der Waals surface area contributed by atoms with Crippen LogP contribution in [0.1, 0.15) is 60.8 Å². The van der Waals surface area contributed by atoms with E-state index >= 15 is 0 Å². The SMILES string of the molecule is CCc1ccc(C2CCC(C#Cc3ccc(C(F)(F)F)cc3)CC2)cc1. The molecule has 2 aromatic rings. The van der Waals surface area contributed by atoms with Crippen LogP contribution in [0.4, 0.5) is 13.2 Å². The Bertz CT molecular complexity index is 765. The second-order valence-electron chi connectivity index (χ2n) is 6.99. The highest BCUT2D eigenvalue weighted by Crippen LogP contribution is 2.35. The third-order valence-electron chi connectivity index (χ3n) is 5.22. The highest BCUT2D eigenvalue weighted by atomic mass is 19.4. The van der Waals surface area contributed by atoms with E-state index in [1.807, 2.05) is 0 Å². The van der Waals surface area contributed by atoms with Crippen molar-refractivity contribution in [1.82, 2.24) is 0 Å². The Kier molecular flexibility index (Phi) is 5.71. The Morgan fingerprint density at radius 2 is 1.50 bits per heavy atom. The molecule has 26 heavy (non-hydrogen) atoms. The Hall–Kier alpha value is -2.21. The molecule has 0 N–H and O–H groups in total. The normalized spacial score (nSPS) is 20.3. The molecule has 1 aliphatic rings. The Morgan fingerprint density at radius 3 is 2.04 bits per heavy atom. The molecule has 1 fully saturated rings. The molecule has 0 aromatic heterocycles. The van der Waals surface area contributed by atoms with Gasteiger partial charge < -0.3 is 0 Å². The van der Waals surface area contributed by atoms with Gasteiger partial charge >= 0.3 is 6.18 Å². The molecule has 2 aromatic carbocycles. The van der Waals surface area contributed by atoms with Crippen LogP contribution in [0.25, 0.3) is 0 Å². The van der Waals surface area contributed by atoms with Gasteiger partial charge in [0.05, 0.1) is 5.56 Å². The highest BCUT2D eigenvalue weighted by Gasteiger charge is 2.29. The lowest BCUT2D eigenvalue weighted by molar-refractivity contribution is -0.137. The quantitative estimate of drug-likeness (QED) is 0.532. The van der Waals surface area contributed by atoms with E-state index in [4.69, 9.17) is 0 Å². The monoisotopic (exact) mass is 356 g/mol. The molecule has 0 amide bonds. The van der Waals surface area contributed by atoms with E-state index < -0.39 is 11.7 Å². The molecule has 3 heteroatoms. The zero-order valence-corrected chi connectivity index (χ0v) is 14.9. The average Bonchev–Trinajstić information content (AvgIpc) is 2.66. The fourth-order valence-electron chi connectivity index (χ4n) is 3.52. The Morgan fingerprint density at radius 1 is 0.885 bits per heavy atom. The second-order valence-corrected chi connectivity index (χ2v) is 6.99. The molecule has 0 radical (unpaired) electrons. The highest BCUT2D eigenvalue weighted by molar-refractivity contribution is 5.37. The molecule has 136 valence electrons.